The van der Waals surface area contributed by atoms with Crippen LogP contribution in [0.5, 0.6) is 0 Å². The number of non-ortho nitro benzene ring substituents is 1. The van der Waals surface area contributed by atoms with E-state index in [1.165, 1.54) is 18.2 Å². The van der Waals surface area contributed by atoms with Gasteiger partial charge in [0.2, 0.25) is 0 Å². The zero-order valence-electron chi connectivity index (χ0n) is 13.8. The number of nitro benzene ring substituents is 1. The Kier molecular flexibility index (Phi) is 5.49. The predicted octanol–water partition coefficient (Wildman–Crippen LogP) is 4.25. The highest BCUT2D eigenvalue weighted by Gasteiger charge is 2.28. The molecule has 25 heavy (non-hydrogen) atoms. The zero-order valence-corrected chi connectivity index (χ0v) is 15.3. The number of aryl methyl sites for hydroxylation is 2. The van der Waals surface area contributed by atoms with Crippen molar-refractivity contribution in [3.8, 4) is 0 Å². The number of benzene rings is 2. The number of sulfonamides is 1. The van der Waals surface area contributed by atoms with E-state index in [9.17, 15) is 18.5 Å². The predicted molar refractivity (Wildman–Crippen MR) is 98.8 cm³/mol. The summed E-state index contributed by atoms with van der Waals surface area (Å²) in [6, 6.07) is 8.69. The second-order valence-electron chi connectivity index (χ2n) is 5.46. The molecule has 0 N–H and O–H groups in total. The van der Waals surface area contributed by atoms with Gasteiger partial charge in [0.1, 0.15) is 0 Å². The lowest BCUT2D eigenvalue weighted by Gasteiger charge is -2.25. The summed E-state index contributed by atoms with van der Waals surface area (Å²) < 4.78 is 27.5. The van der Waals surface area contributed by atoms with E-state index >= 15 is 0 Å². The van der Waals surface area contributed by atoms with Gasteiger partial charge in [0.15, 0.2) is 0 Å². The highest BCUT2D eigenvalue weighted by atomic mass is 35.5. The van der Waals surface area contributed by atoms with Crippen molar-refractivity contribution in [2.45, 2.75) is 18.7 Å². The van der Waals surface area contributed by atoms with Crippen LogP contribution < -0.4 is 4.31 Å². The molecule has 2 aromatic carbocycles. The van der Waals surface area contributed by atoms with E-state index in [1.54, 1.807) is 32.0 Å². The summed E-state index contributed by atoms with van der Waals surface area (Å²) in [5.41, 5.74) is 1.24. The monoisotopic (exact) mass is 380 g/mol. The van der Waals surface area contributed by atoms with Gasteiger partial charge in [-0.3, -0.25) is 14.4 Å². The molecule has 0 bridgehead atoms. The standard InChI is InChI=1S/C17H17ClN2O4S/c1-4-9-19(16-10-14(18)7-5-12(16)2)25(23,24)17-11-15(20(21)22)8-6-13(17)3/h4-8,10-11H,1,9H2,2-3H3. The smallest absolute Gasteiger partial charge is 0.262 e. The Labute approximate surface area is 151 Å². The SMILES string of the molecule is C=CCN(c1cc(Cl)ccc1C)S(=O)(=O)c1cc([N+](=O)[O-])ccc1C. The van der Waals surface area contributed by atoms with Gasteiger partial charge in [-0.1, -0.05) is 29.8 Å². The summed E-state index contributed by atoms with van der Waals surface area (Å²) in [5.74, 6) is 0. The quantitative estimate of drug-likeness (QED) is 0.426. The normalized spacial score (nSPS) is 11.2. The maximum absolute atomic E-state index is 13.2. The maximum Gasteiger partial charge on any atom is 0.270 e. The lowest BCUT2D eigenvalue weighted by Crippen LogP contribution is -2.32. The van der Waals surface area contributed by atoms with E-state index in [4.69, 9.17) is 11.6 Å². The van der Waals surface area contributed by atoms with Crippen molar-refractivity contribution in [1.29, 1.82) is 0 Å². The average molecular weight is 381 g/mol. The fourth-order valence-corrected chi connectivity index (χ4v) is 4.30. The summed E-state index contributed by atoms with van der Waals surface area (Å²) in [6.07, 6.45) is 1.45. The van der Waals surface area contributed by atoms with Gasteiger partial charge >= 0.3 is 0 Å². The topological polar surface area (TPSA) is 80.5 Å². The van der Waals surface area contributed by atoms with Gasteiger partial charge in [0.05, 0.1) is 22.1 Å². The molecular weight excluding hydrogens is 364 g/mol. The van der Waals surface area contributed by atoms with Crippen LogP contribution in [0.1, 0.15) is 11.1 Å². The van der Waals surface area contributed by atoms with Crippen LogP contribution in [0.2, 0.25) is 5.02 Å². The van der Waals surface area contributed by atoms with Crippen LogP contribution in [0.15, 0.2) is 53.9 Å². The van der Waals surface area contributed by atoms with E-state index in [0.717, 1.165) is 10.4 Å². The number of nitro groups is 1. The van der Waals surface area contributed by atoms with E-state index in [0.29, 0.717) is 21.8 Å². The fourth-order valence-electron chi connectivity index (χ4n) is 2.39. The minimum absolute atomic E-state index is 0.00560. The van der Waals surface area contributed by atoms with Crippen LogP contribution in [0.3, 0.4) is 0 Å². The first-order valence-electron chi connectivity index (χ1n) is 7.33. The number of halogens is 1. The summed E-state index contributed by atoms with van der Waals surface area (Å²) in [6.45, 7) is 6.96. The van der Waals surface area contributed by atoms with Crippen LogP contribution in [-0.4, -0.2) is 19.9 Å². The van der Waals surface area contributed by atoms with Crippen molar-refractivity contribution in [3.63, 3.8) is 0 Å². The molecule has 2 rings (SSSR count). The summed E-state index contributed by atoms with van der Waals surface area (Å²) >= 11 is 6.02. The van der Waals surface area contributed by atoms with Crippen LogP contribution in [0, 0.1) is 24.0 Å². The minimum Gasteiger partial charge on any atom is -0.262 e. The van der Waals surface area contributed by atoms with Gasteiger partial charge in [-0.2, -0.15) is 0 Å². The zero-order chi connectivity index (χ0) is 18.8. The van der Waals surface area contributed by atoms with Gasteiger partial charge in [0.25, 0.3) is 15.7 Å². The molecule has 0 amide bonds. The molecule has 132 valence electrons. The fraction of sp³-hybridized carbons (Fsp3) is 0.176. The van der Waals surface area contributed by atoms with E-state index in [1.807, 2.05) is 0 Å². The van der Waals surface area contributed by atoms with Gasteiger partial charge in [-0.15, -0.1) is 6.58 Å². The molecule has 8 heteroatoms. The molecule has 0 saturated carbocycles. The second kappa shape index (κ2) is 7.25. The van der Waals surface area contributed by atoms with Gasteiger partial charge < -0.3 is 0 Å². The number of anilines is 1. The molecule has 0 fully saturated rings. The molecule has 0 aliphatic heterocycles. The third-order valence-corrected chi connectivity index (χ3v) is 5.84. The van der Waals surface area contributed by atoms with Crippen LogP contribution in [0.25, 0.3) is 0 Å². The Hall–Kier alpha value is -2.38. The van der Waals surface area contributed by atoms with Gasteiger partial charge in [-0.05, 0) is 37.1 Å². The Morgan fingerprint density at radius 2 is 1.84 bits per heavy atom. The Morgan fingerprint density at radius 1 is 1.20 bits per heavy atom. The lowest BCUT2D eigenvalue weighted by atomic mass is 10.2. The maximum atomic E-state index is 13.2. The first-order chi connectivity index (χ1) is 11.7. The van der Waals surface area contributed by atoms with Crippen molar-refractivity contribution in [2.75, 3.05) is 10.8 Å². The molecule has 0 aliphatic carbocycles. The molecule has 0 spiro atoms. The van der Waals surface area contributed by atoms with Crippen molar-refractivity contribution >= 4 is 33.0 Å². The van der Waals surface area contributed by atoms with Crippen molar-refractivity contribution < 1.29 is 13.3 Å². The lowest BCUT2D eigenvalue weighted by molar-refractivity contribution is -0.385. The Morgan fingerprint density at radius 3 is 2.44 bits per heavy atom. The van der Waals surface area contributed by atoms with Crippen LogP contribution in [-0.2, 0) is 10.0 Å². The molecule has 0 atom stereocenters. The van der Waals surface area contributed by atoms with Gasteiger partial charge in [-0.25, -0.2) is 8.42 Å². The van der Waals surface area contributed by atoms with E-state index in [-0.39, 0.29) is 17.1 Å². The molecule has 0 unspecified atom stereocenters. The van der Waals surface area contributed by atoms with Crippen molar-refractivity contribution in [3.05, 3.63) is 75.3 Å². The molecule has 2 aromatic rings. The number of hydrogen-bond acceptors (Lipinski definition) is 4. The number of rotatable bonds is 6. The second-order valence-corrected chi connectivity index (χ2v) is 7.73. The molecule has 6 nitrogen and oxygen atoms in total. The number of hydrogen-bond donors (Lipinski definition) is 0. The Balaban J connectivity index is 2.69. The van der Waals surface area contributed by atoms with Crippen molar-refractivity contribution in [2.24, 2.45) is 0 Å². The molecule has 0 aromatic heterocycles. The Bertz CT molecular complexity index is 942. The van der Waals surface area contributed by atoms with Crippen LogP contribution in [0.4, 0.5) is 11.4 Å². The summed E-state index contributed by atoms with van der Waals surface area (Å²) in [7, 11) is -4.04. The average Bonchev–Trinajstić information content (AvgIpc) is 2.55. The highest BCUT2D eigenvalue weighted by molar-refractivity contribution is 7.92. The van der Waals surface area contributed by atoms with Crippen molar-refractivity contribution in [1.82, 2.24) is 0 Å². The first-order valence-corrected chi connectivity index (χ1v) is 9.15. The van der Waals surface area contributed by atoms with E-state index < -0.39 is 14.9 Å². The molecule has 0 radical (unpaired) electrons. The van der Waals surface area contributed by atoms with E-state index in [2.05, 4.69) is 6.58 Å². The third-order valence-electron chi connectivity index (χ3n) is 3.69. The first kappa shape index (κ1) is 19.0. The minimum atomic E-state index is -4.04. The van der Waals surface area contributed by atoms with Crippen LogP contribution >= 0.6 is 11.6 Å². The molecule has 0 aliphatic rings. The number of nitrogens with zero attached hydrogens (tertiary/aromatic N) is 2. The highest BCUT2D eigenvalue weighted by Crippen LogP contribution is 2.31. The molecule has 0 heterocycles. The largest absolute Gasteiger partial charge is 0.270 e. The summed E-state index contributed by atoms with van der Waals surface area (Å²) in [5, 5.41) is 11.4. The third kappa shape index (κ3) is 3.83. The molecular formula is C17H17ClN2O4S. The summed E-state index contributed by atoms with van der Waals surface area (Å²) in [4.78, 5) is 10.3. The van der Waals surface area contributed by atoms with Gasteiger partial charge in [0, 0.05) is 17.2 Å². The molecule has 0 saturated heterocycles.